The van der Waals surface area contributed by atoms with Crippen LogP contribution in [0.3, 0.4) is 0 Å². The van der Waals surface area contributed by atoms with E-state index in [4.69, 9.17) is 9.97 Å². The lowest BCUT2D eigenvalue weighted by Gasteiger charge is -2.36. The number of hydrogen-bond donors (Lipinski definition) is 2. The molecule has 1 aliphatic heterocycles. The molecule has 0 saturated carbocycles. The van der Waals surface area contributed by atoms with E-state index >= 15 is 0 Å². The number of nitrogens with one attached hydrogen (secondary N) is 1. The van der Waals surface area contributed by atoms with Crippen LogP contribution in [0, 0.1) is 0 Å². The van der Waals surface area contributed by atoms with E-state index in [0.29, 0.717) is 29.0 Å². The van der Waals surface area contributed by atoms with Crippen LogP contribution in [0.15, 0.2) is 48.1 Å². The second-order valence-electron chi connectivity index (χ2n) is 9.98. The number of halogens is 2. The van der Waals surface area contributed by atoms with E-state index < -0.39 is 18.6 Å². The Morgan fingerprint density at radius 1 is 1.25 bits per heavy atom. The number of carbonyl (C=O) groups is 1. The van der Waals surface area contributed by atoms with Crippen molar-refractivity contribution in [2.75, 3.05) is 37.6 Å². The number of aromatic nitrogens is 4. The molecule has 40 heavy (non-hydrogen) atoms. The fourth-order valence-corrected chi connectivity index (χ4v) is 5.70. The standard InChI is InChI=1S/C28H33F2N7O2S/c1-4-35(5-2)18(3)15-31-27(39)19-13-22(33-25(14-19)36-10-9-24(38)28(29,30)17-36)20-16-32-37-11-8-21(34-26(20)37)23-7-6-12-40-23/h6-8,11-14,16,18,24,38H,4-5,9-10,15,17H2,1-3H3,(H,31,39)/t18-,24?/m0/s1. The molecule has 0 aliphatic carbocycles. The quantitative estimate of drug-likeness (QED) is 0.312. The number of aliphatic hydroxyl groups excluding tert-OH is 1. The largest absolute Gasteiger partial charge is 0.387 e. The van der Waals surface area contributed by atoms with Crippen LogP contribution in [0.1, 0.15) is 37.6 Å². The lowest BCUT2D eigenvalue weighted by atomic mass is 10.0. The van der Waals surface area contributed by atoms with Crippen LogP contribution in [0.5, 0.6) is 0 Å². The van der Waals surface area contributed by atoms with Crippen molar-refractivity contribution in [1.29, 1.82) is 0 Å². The maximum Gasteiger partial charge on any atom is 0.290 e. The Labute approximate surface area is 235 Å². The summed E-state index contributed by atoms with van der Waals surface area (Å²) in [6.45, 7) is 7.84. The minimum atomic E-state index is -3.29. The van der Waals surface area contributed by atoms with E-state index in [1.54, 1.807) is 34.3 Å². The highest BCUT2D eigenvalue weighted by Gasteiger charge is 2.44. The monoisotopic (exact) mass is 569 g/mol. The van der Waals surface area contributed by atoms with Crippen molar-refractivity contribution in [3.63, 3.8) is 0 Å². The van der Waals surface area contributed by atoms with Gasteiger partial charge in [-0.15, -0.1) is 11.3 Å². The molecule has 1 saturated heterocycles. The molecule has 4 aromatic rings. The van der Waals surface area contributed by atoms with Crippen molar-refractivity contribution in [3.05, 3.63) is 53.7 Å². The van der Waals surface area contributed by atoms with Crippen LogP contribution >= 0.6 is 11.3 Å². The van der Waals surface area contributed by atoms with Gasteiger partial charge >= 0.3 is 0 Å². The molecule has 1 aliphatic rings. The average Bonchev–Trinajstić information content (AvgIpc) is 3.64. The maximum absolute atomic E-state index is 14.5. The van der Waals surface area contributed by atoms with Gasteiger partial charge in [0.05, 0.1) is 34.6 Å². The van der Waals surface area contributed by atoms with E-state index in [9.17, 15) is 18.7 Å². The number of rotatable bonds is 9. The summed E-state index contributed by atoms with van der Waals surface area (Å²) in [4.78, 5) is 27.5. The third-order valence-electron chi connectivity index (χ3n) is 7.37. The number of aliphatic hydroxyl groups is 1. The van der Waals surface area contributed by atoms with Gasteiger partial charge in [0, 0.05) is 30.9 Å². The molecule has 2 atom stereocenters. The van der Waals surface area contributed by atoms with Crippen LogP contribution in [-0.2, 0) is 0 Å². The maximum atomic E-state index is 14.5. The summed E-state index contributed by atoms with van der Waals surface area (Å²) < 4.78 is 30.6. The van der Waals surface area contributed by atoms with Crippen molar-refractivity contribution >= 4 is 28.7 Å². The first-order chi connectivity index (χ1) is 19.2. The van der Waals surface area contributed by atoms with Crippen molar-refractivity contribution in [2.45, 2.75) is 45.3 Å². The molecule has 1 unspecified atom stereocenters. The van der Waals surface area contributed by atoms with E-state index in [2.05, 4.69) is 29.2 Å². The van der Waals surface area contributed by atoms with Crippen molar-refractivity contribution < 1.29 is 18.7 Å². The molecule has 5 heterocycles. The van der Waals surface area contributed by atoms with Gasteiger partial charge in [-0.1, -0.05) is 19.9 Å². The highest BCUT2D eigenvalue weighted by atomic mass is 32.1. The molecule has 5 rings (SSSR count). The predicted octanol–water partition coefficient (Wildman–Crippen LogP) is 4.19. The Morgan fingerprint density at radius 3 is 2.75 bits per heavy atom. The van der Waals surface area contributed by atoms with Gasteiger partial charge in [0.2, 0.25) is 0 Å². The zero-order chi connectivity index (χ0) is 28.4. The molecule has 1 fully saturated rings. The van der Waals surface area contributed by atoms with E-state index in [1.165, 1.54) is 11.0 Å². The molecule has 0 bridgehead atoms. The summed E-state index contributed by atoms with van der Waals surface area (Å²) in [7, 11) is 0. The van der Waals surface area contributed by atoms with Crippen LogP contribution in [0.4, 0.5) is 14.6 Å². The summed E-state index contributed by atoms with van der Waals surface area (Å²) in [5.74, 6) is -3.38. The number of anilines is 1. The third kappa shape index (κ3) is 5.70. The van der Waals surface area contributed by atoms with Crippen LogP contribution < -0.4 is 10.2 Å². The van der Waals surface area contributed by atoms with Crippen LogP contribution in [0.2, 0.25) is 0 Å². The molecule has 212 valence electrons. The number of thiophene rings is 1. The Morgan fingerprint density at radius 2 is 2.05 bits per heavy atom. The molecular weight excluding hydrogens is 536 g/mol. The van der Waals surface area contributed by atoms with Crippen LogP contribution in [-0.4, -0.2) is 86.3 Å². The highest BCUT2D eigenvalue weighted by molar-refractivity contribution is 7.13. The minimum absolute atomic E-state index is 0.107. The van der Waals surface area contributed by atoms with Gasteiger partial charge in [-0.3, -0.25) is 9.69 Å². The Hall–Kier alpha value is -3.48. The Kier molecular flexibility index (Phi) is 8.11. The van der Waals surface area contributed by atoms with E-state index in [0.717, 1.165) is 23.7 Å². The number of piperidine rings is 1. The number of alkyl halides is 2. The fourth-order valence-electron chi connectivity index (χ4n) is 5.00. The molecule has 12 heteroatoms. The lowest BCUT2D eigenvalue weighted by molar-refractivity contribution is -0.113. The summed E-state index contributed by atoms with van der Waals surface area (Å²) in [6.07, 6.45) is 1.60. The number of carbonyl (C=O) groups excluding carboxylic acids is 1. The lowest BCUT2D eigenvalue weighted by Crippen LogP contribution is -2.52. The highest BCUT2D eigenvalue weighted by Crippen LogP contribution is 2.33. The summed E-state index contributed by atoms with van der Waals surface area (Å²) in [6, 6.07) is 9.10. The first-order valence-electron chi connectivity index (χ1n) is 13.4. The molecular formula is C28H33F2N7O2S. The van der Waals surface area contributed by atoms with Crippen molar-refractivity contribution in [3.8, 4) is 21.8 Å². The number of fused-ring (bicyclic) bond motifs is 1. The minimum Gasteiger partial charge on any atom is -0.387 e. The van der Waals surface area contributed by atoms with Gasteiger partial charge < -0.3 is 15.3 Å². The number of amides is 1. The first-order valence-corrected chi connectivity index (χ1v) is 14.3. The summed E-state index contributed by atoms with van der Waals surface area (Å²) >= 11 is 1.57. The molecule has 9 nitrogen and oxygen atoms in total. The summed E-state index contributed by atoms with van der Waals surface area (Å²) in [5.41, 5.74) is 2.59. The second kappa shape index (κ2) is 11.6. The second-order valence-corrected chi connectivity index (χ2v) is 10.9. The van der Waals surface area contributed by atoms with Gasteiger partial charge in [-0.25, -0.2) is 23.3 Å². The van der Waals surface area contributed by atoms with Gasteiger partial charge in [-0.05, 0) is 56.1 Å². The van der Waals surface area contributed by atoms with Gasteiger partial charge in [0.1, 0.15) is 11.9 Å². The van der Waals surface area contributed by atoms with Crippen molar-refractivity contribution in [2.24, 2.45) is 0 Å². The third-order valence-corrected chi connectivity index (χ3v) is 8.26. The van der Waals surface area contributed by atoms with Gasteiger partial charge in [-0.2, -0.15) is 5.10 Å². The molecule has 0 aromatic carbocycles. The zero-order valence-corrected chi connectivity index (χ0v) is 23.5. The number of hydrogen-bond acceptors (Lipinski definition) is 8. The number of nitrogens with zero attached hydrogens (tertiary/aromatic N) is 6. The summed E-state index contributed by atoms with van der Waals surface area (Å²) in [5, 5.41) is 19.2. The van der Waals surface area contributed by atoms with Gasteiger partial charge in [0.25, 0.3) is 11.8 Å². The van der Waals surface area contributed by atoms with Crippen molar-refractivity contribution in [1.82, 2.24) is 29.8 Å². The van der Waals surface area contributed by atoms with E-state index in [1.807, 2.05) is 30.5 Å². The molecule has 2 N–H and O–H groups in total. The topological polar surface area (TPSA) is 98.9 Å². The first kappa shape index (κ1) is 28.1. The average molecular weight is 570 g/mol. The Bertz CT molecular complexity index is 1470. The van der Waals surface area contributed by atoms with Crippen LogP contribution in [0.25, 0.3) is 27.5 Å². The smallest absolute Gasteiger partial charge is 0.290 e. The normalized spacial score (nSPS) is 17.9. The SMILES string of the molecule is CCN(CC)[C@@H](C)CNC(=O)c1cc(-c2cnn3ccc(-c4cccs4)nc23)nc(N2CCC(O)C(F)(F)C2)c1. The van der Waals surface area contributed by atoms with Gasteiger partial charge in [0.15, 0.2) is 5.65 Å². The molecule has 0 radical (unpaired) electrons. The number of likely N-dealkylation sites (N-methyl/N-ethyl adjacent to an activating group) is 1. The Balaban J connectivity index is 1.53. The predicted molar refractivity (Wildman–Crippen MR) is 152 cm³/mol. The fraction of sp³-hybridized carbons (Fsp3) is 0.429. The van der Waals surface area contributed by atoms with E-state index in [-0.39, 0.29) is 30.7 Å². The zero-order valence-electron chi connectivity index (χ0n) is 22.7. The molecule has 4 aromatic heterocycles. The molecule has 0 spiro atoms. The molecule has 1 amide bonds. The number of pyridine rings is 1.